The van der Waals surface area contributed by atoms with Gasteiger partial charge in [0.25, 0.3) is 0 Å². The van der Waals surface area contributed by atoms with Crippen molar-refractivity contribution in [2.45, 2.75) is 83.9 Å². The van der Waals surface area contributed by atoms with E-state index in [1.165, 1.54) is 5.56 Å². The van der Waals surface area contributed by atoms with Crippen molar-refractivity contribution in [3.8, 4) is 33.8 Å². The van der Waals surface area contributed by atoms with Gasteiger partial charge in [0.2, 0.25) is 5.71 Å². The summed E-state index contributed by atoms with van der Waals surface area (Å²) in [7, 11) is 0. The van der Waals surface area contributed by atoms with Crippen molar-refractivity contribution in [2.75, 3.05) is 0 Å². The summed E-state index contributed by atoms with van der Waals surface area (Å²) in [5.41, 5.74) is 9.21. The van der Waals surface area contributed by atoms with Crippen LogP contribution < -0.4 is 0 Å². The van der Waals surface area contributed by atoms with Crippen LogP contribution in [0, 0.1) is 29.1 Å². The minimum Gasteiger partial charge on any atom is -0.437 e. The molecule has 0 aliphatic heterocycles. The van der Waals surface area contributed by atoms with Crippen molar-refractivity contribution in [1.82, 2.24) is 19.9 Å². The van der Waals surface area contributed by atoms with Crippen LogP contribution >= 0.6 is 0 Å². The second kappa shape index (κ2) is 15.0. The molecule has 4 fully saturated rings. The minimum absolute atomic E-state index is 0.186. The number of nitrogens with zero attached hydrogens (tertiary/aromatic N) is 4. The van der Waals surface area contributed by atoms with Crippen molar-refractivity contribution in [3.05, 3.63) is 168 Å². The first-order valence-corrected chi connectivity index (χ1v) is 21.7. The predicted octanol–water partition coefficient (Wildman–Crippen LogP) is 13.6. The Kier molecular flexibility index (Phi) is 8.19. The molecule has 0 amide bonds. The molecule has 298 valence electrons. The van der Waals surface area contributed by atoms with E-state index in [1.807, 2.05) is 117 Å². The summed E-state index contributed by atoms with van der Waals surface area (Å²) < 4.78 is 46.7. The third-order valence-corrected chi connectivity index (χ3v) is 13.9. The van der Waals surface area contributed by atoms with Gasteiger partial charge >= 0.3 is 0 Å². The molecule has 4 unspecified atom stereocenters. The van der Waals surface area contributed by atoms with Crippen LogP contribution in [0.1, 0.15) is 85.6 Å². The molecular formula is C55H52N4O. The van der Waals surface area contributed by atoms with Crippen molar-refractivity contribution in [2.24, 2.45) is 22.2 Å². The molecule has 12 rings (SSSR count). The number of hydrogen-bond donors (Lipinski definition) is 0. The quantitative estimate of drug-likeness (QED) is 0.123. The lowest BCUT2D eigenvalue weighted by Gasteiger charge is -2.67. The summed E-state index contributed by atoms with van der Waals surface area (Å²) in [6.45, 7) is 1.96. The van der Waals surface area contributed by atoms with Gasteiger partial charge in [0.05, 0.1) is 17.1 Å². The molecule has 4 saturated carbocycles. The van der Waals surface area contributed by atoms with Crippen molar-refractivity contribution >= 4 is 22.1 Å². The van der Waals surface area contributed by atoms with E-state index in [0.717, 1.165) is 112 Å². The maximum Gasteiger partial charge on any atom is 0.227 e. The van der Waals surface area contributed by atoms with Crippen LogP contribution in [0.15, 0.2) is 150 Å². The number of fused-ring (bicyclic) bond motifs is 3. The van der Waals surface area contributed by atoms with Gasteiger partial charge in [-0.15, -0.1) is 0 Å². The first-order chi connectivity index (χ1) is 30.9. The topological polar surface area (TPSA) is 64.7 Å². The third kappa shape index (κ3) is 7.12. The Hall–Kier alpha value is -5.94. The average molecular weight is 789 g/mol. The fourth-order valence-corrected chi connectivity index (χ4v) is 11.6. The second-order valence-electron chi connectivity index (χ2n) is 18.3. The molecule has 5 nitrogen and oxygen atoms in total. The lowest BCUT2D eigenvalue weighted by atomic mass is 9.37. The lowest BCUT2D eigenvalue weighted by Crippen LogP contribution is -2.57. The lowest BCUT2D eigenvalue weighted by molar-refractivity contribution is -0.166. The molecular weight excluding hydrogens is 733 g/mol. The summed E-state index contributed by atoms with van der Waals surface area (Å²) >= 11 is 0. The standard InChI is InChI=1S/C55H52N4O/c1-38-15-19-46-45-13-8-14-47(51(45)60-52(46)59-38)50-22-18-41(34-58-50)25-28-55-31-42-29-53(36-55,26-23-39-16-20-48(56-32-39)43-9-4-2-5-10-43)35-54(30-42,37-55)27-24-40-17-21-49(57-33-40)44-11-6-3-7-12-44/h2-22,32-34,42H,23-31,35-37H2,1H3/i26D2,28D2. The normalized spacial score (nSPS) is 24.6. The van der Waals surface area contributed by atoms with Gasteiger partial charge in [-0.05, 0) is 159 Å². The smallest absolute Gasteiger partial charge is 0.227 e. The number of pyridine rings is 4. The van der Waals surface area contributed by atoms with E-state index in [0.29, 0.717) is 12.1 Å². The molecule has 0 N–H and O–H groups in total. The monoisotopic (exact) mass is 788 g/mol. The molecule has 4 aliphatic carbocycles. The van der Waals surface area contributed by atoms with E-state index in [2.05, 4.69) is 41.4 Å². The Labute approximate surface area is 359 Å². The van der Waals surface area contributed by atoms with E-state index in [9.17, 15) is 5.48 Å². The van der Waals surface area contributed by atoms with Crippen LogP contribution in [-0.4, -0.2) is 19.9 Å². The molecule has 0 saturated heterocycles. The average Bonchev–Trinajstić information content (AvgIpc) is 3.67. The maximum atomic E-state index is 10.1. The Bertz CT molecular complexity index is 2980. The highest BCUT2D eigenvalue weighted by molar-refractivity contribution is 6.08. The number of aromatic nitrogens is 4. The van der Waals surface area contributed by atoms with Crippen LogP contribution in [-0.2, 0) is 19.3 Å². The first-order valence-electron chi connectivity index (χ1n) is 23.7. The zero-order valence-corrected chi connectivity index (χ0v) is 34.2. The molecule has 4 aliphatic rings. The summed E-state index contributed by atoms with van der Waals surface area (Å²) in [5, 5.41) is 1.96. The number of furan rings is 1. The van der Waals surface area contributed by atoms with E-state index in [-0.39, 0.29) is 24.2 Å². The molecule has 5 aromatic heterocycles. The highest BCUT2D eigenvalue weighted by Gasteiger charge is 2.62. The van der Waals surface area contributed by atoms with Gasteiger partial charge in [-0.3, -0.25) is 15.0 Å². The van der Waals surface area contributed by atoms with Gasteiger partial charge in [-0.25, -0.2) is 4.98 Å². The summed E-state index contributed by atoms with van der Waals surface area (Å²) in [5.74, 6) is 0.252. The van der Waals surface area contributed by atoms with Crippen LogP contribution in [0.25, 0.3) is 55.8 Å². The predicted molar refractivity (Wildman–Crippen MR) is 242 cm³/mol. The largest absolute Gasteiger partial charge is 0.437 e. The summed E-state index contributed by atoms with van der Waals surface area (Å²) in [4.78, 5) is 19.2. The van der Waals surface area contributed by atoms with Crippen molar-refractivity contribution in [3.63, 3.8) is 0 Å². The molecule has 8 aromatic rings. The fraction of sp³-hybridized carbons (Fsp3) is 0.309. The second-order valence-corrected chi connectivity index (χ2v) is 18.3. The molecule has 3 aromatic carbocycles. The summed E-state index contributed by atoms with van der Waals surface area (Å²) in [6, 6.07) is 42.8. The Balaban J connectivity index is 0.898. The zero-order valence-electron chi connectivity index (χ0n) is 38.2. The van der Waals surface area contributed by atoms with Crippen LogP contribution in [0.4, 0.5) is 0 Å². The fourth-order valence-electron chi connectivity index (χ4n) is 11.6. The van der Waals surface area contributed by atoms with Gasteiger partial charge in [-0.1, -0.05) is 91.0 Å². The van der Waals surface area contributed by atoms with Crippen LogP contribution in [0.3, 0.4) is 0 Å². The van der Waals surface area contributed by atoms with E-state index in [1.54, 1.807) is 0 Å². The number of hydrogen-bond acceptors (Lipinski definition) is 5. The SMILES string of the molecule is [2H]C([2H])(Cc1ccc(-c2ccccc2)nc1)C12CC3CC(CCc4ccc(-c5ccccc5)nc4)(C1)CC(C([2H])([2H])Cc1ccc(-c4cccc5c4oc4nc(C)ccc45)nc1)(C3)C2. The van der Waals surface area contributed by atoms with E-state index >= 15 is 0 Å². The van der Waals surface area contributed by atoms with Gasteiger partial charge in [0, 0.05) is 57.2 Å². The Morgan fingerprint density at radius 1 is 0.550 bits per heavy atom. The Morgan fingerprint density at radius 3 is 1.68 bits per heavy atom. The molecule has 0 spiro atoms. The highest BCUT2D eigenvalue weighted by Crippen LogP contribution is 2.73. The number of aryl methyl sites for hydroxylation is 4. The van der Waals surface area contributed by atoms with Crippen molar-refractivity contribution in [1.29, 1.82) is 0 Å². The molecule has 4 bridgehead atoms. The highest BCUT2D eigenvalue weighted by atomic mass is 16.3. The minimum atomic E-state index is -1.59. The molecule has 0 radical (unpaired) electrons. The molecule has 5 heterocycles. The molecule has 4 atom stereocenters. The van der Waals surface area contributed by atoms with E-state index in [4.69, 9.17) is 19.4 Å². The van der Waals surface area contributed by atoms with Gasteiger partial charge < -0.3 is 4.42 Å². The zero-order chi connectivity index (χ0) is 43.7. The number of para-hydroxylation sites is 1. The number of benzene rings is 3. The van der Waals surface area contributed by atoms with Crippen LogP contribution in [0.2, 0.25) is 0 Å². The molecule has 5 heteroatoms. The maximum absolute atomic E-state index is 10.1. The van der Waals surface area contributed by atoms with Crippen LogP contribution in [0.5, 0.6) is 0 Å². The van der Waals surface area contributed by atoms with Gasteiger partial charge in [0.15, 0.2) is 0 Å². The van der Waals surface area contributed by atoms with E-state index < -0.39 is 23.6 Å². The molecule has 60 heavy (non-hydrogen) atoms. The summed E-state index contributed by atoms with van der Waals surface area (Å²) in [6.07, 6.45) is 9.37. The van der Waals surface area contributed by atoms with Crippen molar-refractivity contribution < 1.29 is 9.90 Å². The number of rotatable bonds is 12. The van der Waals surface area contributed by atoms with Gasteiger partial charge in [-0.2, -0.15) is 0 Å². The van der Waals surface area contributed by atoms with Gasteiger partial charge in [0.1, 0.15) is 5.58 Å². The Morgan fingerprint density at radius 2 is 1.10 bits per heavy atom. The third-order valence-electron chi connectivity index (χ3n) is 13.9. The first kappa shape index (κ1) is 32.9.